The number of rotatable bonds is 1. The average Bonchev–Trinajstić information content (AvgIpc) is 2.37. The highest BCUT2D eigenvalue weighted by Crippen LogP contribution is 2.33. The van der Waals surface area contributed by atoms with Crippen LogP contribution in [-0.2, 0) is 0 Å². The number of aromatic nitrogens is 3. The van der Waals surface area contributed by atoms with Gasteiger partial charge in [0.1, 0.15) is 13.2 Å². The van der Waals surface area contributed by atoms with Crippen LogP contribution in [0.3, 0.4) is 0 Å². The summed E-state index contributed by atoms with van der Waals surface area (Å²) in [5.41, 5.74) is 0.741. The van der Waals surface area contributed by atoms with Gasteiger partial charge >= 0.3 is 0 Å². The summed E-state index contributed by atoms with van der Waals surface area (Å²) >= 11 is 11.5. The number of benzene rings is 1. The molecule has 5 nitrogen and oxygen atoms in total. The molecule has 0 fully saturated rings. The van der Waals surface area contributed by atoms with Crippen molar-refractivity contribution in [1.29, 1.82) is 0 Å². The highest BCUT2D eigenvalue weighted by Gasteiger charge is 2.14. The first-order chi connectivity index (χ1) is 8.72. The Kier molecular flexibility index (Phi) is 2.93. The molecule has 0 N–H and O–H groups in total. The molecular formula is C11H7Cl2N3O2. The van der Waals surface area contributed by atoms with Crippen LogP contribution in [0.25, 0.3) is 11.4 Å². The van der Waals surface area contributed by atoms with Gasteiger partial charge in [0.15, 0.2) is 17.3 Å². The predicted octanol–water partition coefficient (Wildman–Crippen LogP) is 2.62. The monoisotopic (exact) mass is 283 g/mol. The minimum atomic E-state index is 0.0555. The van der Waals surface area contributed by atoms with Gasteiger partial charge < -0.3 is 9.47 Å². The Hall–Kier alpha value is -1.59. The molecule has 0 bridgehead atoms. The summed E-state index contributed by atoms with van der Waals surface area (Å²) in [6, 6.07) is 5.40. The number of ether oxygens (including phenoxy) is 2. The maximum absolute atomic E-state index is 5.74. The molecule has 0 spiro atoms. The topological polar surface area (TPSA) is 57.1 Å². The molecule has 0 atom stereocenters. The van der Waals surface area contributed by atoms with Crippen LogP contribution in [-0.4, -0.2) is 28.2 Å². The maximum Gasteiger partial charge on any atom is 0.227 e. The van der Waals surface area contributed by atoms with Gasteiger partial charge in [-0.25, -0.2) is 0 Å². The van der Waals surface area contributed by atoms with E-state index in [4.69, 9.17) is 32.7 Å². The number of hydrogen-bond donors (Lipinski definition) is 0. The van der Waals surface area contributed by atoms with E-state index in [1.54, 1.807) is 12.1 Å². The molecule has 0 amide bonds. The molecule has 18 heavy (non-hydrogen) atoms. The lowest BCUT2D eigenvalue weighted by molar-refractivity contribution is 0.171. The Bertz CT molecular complexity index is 587. The van der Waals surface area contributed by atoms with E-state index in [9.17, 15) is 0 Å². The molecule has 2 heterocycles. The zero-order valence-electron chi connectivity index (χ0n) is 9.06. The molecule has 1 aliphatic heterocycles. The highest BCUT2D eigenvalue weighted by molar-refractivity contribution is 6.31. The molecule has 0 radical (unpaired) electrons. The minimum absolute atomic E-state index is 0.0555. The summed E-state index contributed by atoms with van der Waals surface area (Å²) in [6.07, 6.45) is 0. The van der Waals surface area contributed by atoms with E-state index in [-0.39, 0.29) is 10.6 Å². The van der Waals surface area contributed by atoms with E-state index in [2.05, 4.69) is 15.0 Å². The van der Waals surface area contributed by atoms with Crippen LogP contribution in [0.2, 0.25) is 10.6 Å². The van der Waals surface area contributed by atoms with Crippen LogP contribution >= 0.6 is 23.2 Å². The van der Waals surface area contributed by atoms with Gasteiger partial charge in [0.05, 0.1) is 0 Å². The molecule has 1 aliphatic rings. The third-order valence-corrected chi connectivity index (χ3v) is 2.72. The lowest BCUT2D eigenvalue weighted by atomic mass is 10.2. The van der Waals surface area contributed by atoms with Crippen molar-refractivity contribution in [3.63, 3.8) is 0 Å². The lowest BCUT2D eigenvalue weighted by Gasteiger charge is -2.18. The van der Waals surface area contributed by atoms with Crippen molar-refractivity contribution in [2.75, 3.05) is 13.2 Å². The molecular weight excluding hydrogens is 277 g/mol. The number of fused-ring (bicyclic) bond motifs is 1. The highest BCUT2D eigenvalue weighted by atomic mass is 35.5. The van der Waals surface area contributed by atoms with E-state index in [0.29, 0.717) is 30.5 Å². The molecule has 7 heteroatoms. The number of halogens is 2. The molecule has 2 aromatic rings. The molecule has 3 rings (SSSR count). The van der Waals surface area contributed by atoms with Crippen molar-refractivity contribution in [2.45, 2.75) is 0 Å². The first kappa shape index (κ1) is 11.5. The van der Waals surface area contributed by atoms with Crippen molar-refractivity contribution < 1.29 is 9.47 Å². The van der Waals surface area contributed by atoms with Gasteiger partial charge in [-0.1, -0.05) is 0 Å². The SMILES string of the molecule is Clc1nc(Cl)nc(-c2ccc3c(c2)OCCO3)n1. The molecule has 1 aromatic carbocycles. The minimum Gasteiger partial charge on any atom is -0.486 e. The van der Waals surface area contributed by atoms with Gasteiger partial charge in [0, 0.05) is 5.56 Å². The molecule has 0 unspecified atom stereocenters. The second kappa shape index (κ2) is 4.59. The van der Waals surface area contributed by atoms with Gasteiger partial charge in [0.25, 0.3) is 0 Å². The standard InChI is InChI=1S/C11H7Cl2N3O2/c12-10-14-9(15-11(13)16-10)6-1-2-7-8(5-6)18-4-3-17-7/h1-2,5H,3-4H2. The van der Waals surface area contributed by atoms with E-state index < -0.39 is 0 Å². The van der Waals surface area contributed by atoms with Crippen molar-refractivity contribution >= 4 is 23.2 Å². The predicted molar refractivity (Wildman–Crippen MR) is 66.3 cm³/mol. The fourth-order valence-corrected chi connectivity index (χ4v) is 2.00. The van der Waals surface area contributed by atoms with Crippen molar-refractivity contribution in [1.82, 2.24) is 15.0 Å². The maximum atomic E-state index is 5.74. The third kappa shape index (κ3) is 2.19. The largest absolute Gasteiger partial charge is 0.486 e. The fraction of sp³-hybridized carbons (Fsp3) is 0.182. The van der Waals surface area contributed by atoms with Gasteiger partial charge in [-0.3, -0.25) is 0 Å². The van der Waals surface area contributed by atoms with Gasteiger partial charge in [0.2, 0.25) is 10.6 Å². The Morgan fingerprint density at radius 1 is 0.889 bits per heavy atom. The summed E-state index contributed by atoms with van der Waals surface area (Å²) in [5, 5.41) is 0.111. The van der Waals surface area contributed by atoms with Crippen molar-refractivity contribution in [3.8, 4) is 22.9 Å². The second-order valence-electron chi connectivity index (χ2n) is 3.56. The summed E-state index contributed by atoms with van der Waals surface area (Å²) in [4.78, 5) is 11.7. The number of hydrogen-bond acceptors (Lipinski definition) is 5. The van der Waals surface area contributed by atoms with Crippen LogP contribution in [0, 0.1) is 0 Å². The third-order valence-electron chi connectivity index (χ3n) is 2.38. The van der Waals surface area contributed by atoms with Crippen LogP contribution < -0.4 is 9.47 Å². The zero-order valence-corrected chi connectivity index (χ0v) is 10.6. The van der Waals surface area contributed by atoms with E-state index in [1.165, 1.54) is 0 Å². The Morgan fingerprint density at radius 2 is 1.56 bits per heavy atom. The summed E-state index contributed by atoms with van der Waals surface area (Å²) in [5.74, 6) is 1.76. The fourth-order valence-electron chi connectivity index (χ4n) is 1.64. The smallest absolute Gasteiger partial charge is 0.227 e. The molecule has 0 saturated heterocycles. The van der Waals surface area contributed by atoms with Gasteiger partial charge in [-0.05, 0) is 41.4 Å². The van der Waals surface area contributed by atoms with Gasteiger partial charge in [-0.2, -0.15) is 15.0 Å². The Labute approximate surface area is 113 Å². The lowest BCUT2D eigenvalue weighted by Crippen LogP contribution is -2.15. The van der Waals surface area contributed by atoms with Gasteiger partial charge in [-0.15, -0.1) is 0 Å². The quantitative estimate of drug-likeness (QED) is 0.805. The van der Waals surface area contributed by atoms with E-state index in [0.717, 1.165) is 5.56 Å². The Balaban J connectivity index is 2.06. The summed E-state index contributed by atoms with van der Waals surface area (Å²) in [7, 11) is 0. The van der Waals surface area contributed by atoms with Crippen molar-refractivity contribution in [3.05, 3.63) is 28.8 Å². The van der Waals surface area contributed by atoms with Crippen LogP contribution in [0.15, 0.2) is 18.2 Å². The van der Waals surface area contributed by atoms with Crippen LogP contribution in [0.5, 0.6) is 11.5 Å². The zero-order chi connectivity index (χ0) is 12.5. The molecule has 1 aromatic heterocycles. The second-order valence-corrected chi connectivity index (χ2v) is 4.23. The summed E-state index contributed by atoms with van der Waals surface area (Å²) < 4.78 is 10.9. The molecule has 0 saturated carbocycles. The molecule has 0 aliphatic carbocycles. The van der Waals surface area contributed by atoms with E-state index >= 15 is 0 Å². The molecule has 92 valence electrons. The average molecular weight is 284 g/mol. The number of nitrogens with zero attached hydrogens (tertiary/aromatic N) is 3. The first-order valence-corrected chi connectivity index (χ1v) is 5.95. The Morgan fingerprint density at radius 3 is 2.28 bits per heavy atom. The van der Waals surface area contributed by atoms with E-state index in [1.807, 2.05) is 6.07 Å². The first-order valence-electron chi connectivity index (χ1n) is 5.19. The normalized spacial score (nSPS) is 13.4. The van der Waals surface area contributed by atoms with Crippen LogP contribution in [0.1, 0.15) is 0 Å². The summed E-state index contributed by atoms with van der Waals surface area (Å²) in [6.45, 7) is 1.07. The van der Waals surface area contributed by atoms with Crippen LogP contribution in [0.4, 0.5) is 0 Å². The van der Waals surface area contributed by atoms with Crippen molar-refractivity contribution in [2.24, 2.45) is 0 Å².